The molecule has 0 amide bonds. The third kappa shape index (κ3) is 3.17. The molecule has 1 nitrogen and oxygen atoms in total. The zero-order valence-corrected chi connectivity index (χ0v) is 6.89. The van der Waals surface area contributed by atoms with Gasteiger partial charge in [-0.05, 0) is 33.9 Å². The Morgan fingerprint density at radius 1 is 1.44 bits per heavy atom. The molecule has 0 aliphatic rings. The summed E-state index contributed by atoms with van der Waals surface area (Å²) in [6.45, 7) is 9.71. The quantitative estimate of drug-likeness (QED) is 0.562. The third-order valence-electron chi connectivity index (χ3n) is 1.37. The summed E-state index contributed by atoms with van der Waals surface area (Å²) < 4.78 is 0. The Hall–Kier alpha value is -0.460. The fourth-order valence-electron chi connectivity index (χ4n) is 0.834. The summed E-state index contributed by atoms with van der Waals surface area (Å²) in [5.74, 6) is 0. The molecule has 0 fully saturated rings. The molecule has 1 heteroatoms. The minimum atomic E-state index is 0.631. The number of allylic oxidation sites excluding steroid dienone is 1. The van der Waals surface area contributed by atoms with Crippen molar-refractivity contribution in [3.63, 3.8) is 0 Å². The molecule has 0 radical (unpaired) electrons. The molecule has 0 aliphatic heterocycles. The lowest BCUT2D eigenvalue weighted by molar-refractivity contribution is 0.327. The summed E-state index contributed by atoms with van der Waals surface area (Å²) in [7, 11) is 0. The molecule has 0 heterocycles. The van der Waals surface area contributed by atoms with E-state index in [1.807, 2.05) is 6.92 Å². The van der Waals surface area contributed by atoms with E-state index in [2.05, 4.69) is 37.9 Å². The van der Waals surface area contributed by atoms with Crippen molar-refractivity contribution in [1.82, 2.24) is 4.90 Å². The first-order valence-electron chi connectivity index (χ1n) is 3.61. The smallest absolute Gasteiger partial charge is 0.0227 e. The summed E-state index contributed by atoms with van der Waals surface area (Å²) in [6, 6.07) is 0.631. The molecule has 0 rings (SSSR count). The fraction of sp³-hybridized carbons (Fsp3) is 0.750. The van der Waals surface area contributed by atoms with E-state index in [0.717, 1.165) is 6.54 Å². The van der Waals surface area contributed by atoms with Gasteiger partial charge in [0, 0.05) is 12.6 Å². The first-order chi connectivity index (χ1) is 4.22. The van der Waals surface area contributed by atoms with Crippen LogP contribution in [-0.4, -0.2) is 17.5 Å². The van der Waals surface area contributed by atoms with Gasteiger partial charge >= 0.3 is 0 Å². The molecule has 0 unspecified atom stereocenters. The monoisotopic (exact) mass is 127 g/mol. The number of nitrogens with zero attached hydrogens (tertiary/aromatic N) is 1. The lowest BCUT2D eigenvalue weighted by Crippen LogP contribution is -2.24. The molecule has 9 heavy (non-hydrogen) atoms. The van der Waals surface area contributed by atoms with Crippen LogP contribution in [0.25, 0.3) is 0 Å². The van der Waals surface area contributed by atoms with Gasteiger partial charge < -0.3 is 4.90 Å². The average molecular weight is 127 g/mol. The molecule has 0 N–H and O–H groups in total. The molecule has 0 aromatic carbocycles. The van der Waals surface area contributed by atoms with E-state index in [0.29, 0.717) is 6.04 Å². The van der Waals surface area contributed by atoms with Crippen LogP contribution in [-0.2, 0) is 0 Å². The maximum atomic E-state index is 2.29. The lowest BCUT2D eigenvalue weighted by Gasteiger charge is -2.22. The van der Waals surface area contributed by atoms with Crippen molar-refractivity contribution in [2.75, 3.05) is 6.54 Å². The number of hydrogen-bond donors (Lipinski definition) is 0. The highest BCUT2D eigenvalue weighted by molar-refractivity contribution is 4.79. The summed E-state index contributed by atoms with van der Waals surface area (Å²) >= 11 is 0. The van der Waals surface area contributed by atoms with Crippen LogP contribution in [0.1, 0.15) is 27.7 Å². The number of hydrogen-bond acceptors (Lipinski definition) is 1. The van der Waals surface area contributed by atoms with Gasteiger partial charge in [0.25, 0.3) is 0 Å². The predicted octanol–water partition coefficient (Wildman–Crippen LogP) is 2.25. The highest BCUT2D eigenvalue weighted by Gasteiger charge is 1.97. The van der Waals surface area contributed by atoms with Gasteiger partial charge in [-0.25, -0.2) is 0 Å². The van der Waals surface area contributed by atoms with Gasteiger partial charge in [0.15, 0.2) is 0 Å². The van der Waals surface area contributed by atoms with Crippen molar-refractivity contribution in [2.45, 2.75) is 33.7 Å². The van der Waals surface area contributed by atoms with Gasteiger partial charge in [-0.1, -0.05) is 6.08 Å². The van der Waals surface area contributed by atoms with Crippen LogP contribution in [0.4, 0.5) is 0 Å². The maximum Gasteiger partial charge on any atom is 0.0227 e. The van der Waals surface area contributed by atoms with Crippen molar-refractivity contribution in [3.8, 4) is 0 Å². The standard InChI is InChI=1S/C8H17N/c1-5-7-9(6-2)8(3)4/h5,7-8H,6H2,1-4H3/b7-5+. The molecule has 0 spiro atoms. The summed E-state index contributed by atoms with van der Waals surface area (Å²) in [4.78, 5) is 2.29. The van der Waals surface area contributed by atoms with E-state index < -0.39 is 0 Å². The molecular weight excluding hydrogens is 110 g/mol. The molecule has 0 bridgehead atoms. The Labute approximate surface area is 58.4 Å². The maximum absolute atomic E-state index is 2.29. The van der Waals surface area contributed by atoms with E-state index in [4.69, 9.17) is 0 Å². The number of rotatable bonds is 3. The van der Waals surface area contributed by atoms with Crippen LogP contribution >= 0.6 is 0 Å². The molecule has 0 aliphatic carbocycles. The lowest BCUT2D eigenvalue weighted by atomic mass is 10.3. The van der Waals surface area contributed by atoms with Crippen LogP contribution in [0, 0.1) is 0 Å². The normalized spacial score (nSPS) is 11.2. The third-order valence-corrected chi connectivity index (χ3v) is 1.37. The molecular formula is C8H17N. The summed E-state index contributed by atoms with van der Waals surface area (Å²) in [5.41, 5.74) is 0. The Bertz CT molecular complexity index is 84.6. The van der Waals surface area contributed by atoms with E-state index in [1.54, 1.807) is 0 Å². The van der Waals surface area contributed by atoms with Crippen LogP contribution in [0.5, 0.6) is 0 Å². The molecule has 0 atom stereocenters. The molecule has 54 valence electrons. The fourth-order valence-corrected chi connectivity index (χ4v) is 0.834. The van der Waals surface area contributed by atoms with E-state index >= 15 is 0 Å². The average Bonchev–Trinajstić information content (AvgIpc) is 1.82. The Balaban J connectivity index is 3.68. The van der Waals surface area contributed by atoms with Crippen LogP contribution < -0.4 is 0 Å². The van der Waals surface area contributed by atoms with Crippen molar-refractivity contribution in [1.29, 1.82) is 0 Å². The minimum absolute atomic E-state index is 0.631. The van der Waals surface area contributed by atoms with Gasteiger partial charge in [-0.2, -0.15) is 0 Å². The highest BCUT2D eigenvalue weighted by Crippen LogP contribution is 1.96. The van der Waals surface area contributed by atoms with Crippen molar-refractivity contribution < 1.29 is 0 Å². The predicted molar refractivity (Wildman–Crippen MR) is 42.3 cm³/mol. The van der Waals surface area contributed by atoms with E-state index in [-0.39, 0.29) is 0 Å². The van der Waals surface area contributed by atoms with Crippen molar-refractivity contribution >= 4 is 0 Å². The van der Waals surface area contributed by atoms with Crippen molar-refractivity contribution in [2.24, 2.45) is 0 Å². The second-order valence-corrected chi connectivity index (χ2v) is 2.41. The summed E-state index contributed by atoms with van der Waals surface area (Å²) in [6.07, 6.45) is 4.20. The molecule has 0 aromatic rings. The Morgan fingerprint density at radius 2 is 2.00 bits per heavy atom. The Kier molecular flexibility index (Phi) is 4.20. The Morgan fingerprint density at radius 3 is 2.11 bits per heavy atom. The highest BCUT2D eigenvalue weighted by atomic mass is 15.1. The van der Waals surface area contributed by atoms with Crippen LogP contribution in [0.2, 0.25) is 0 Å². The van der Waals surface area contributed by atoms with Crippen LogP contribution in [0.3, 0.4) is 0 Å². The van der Waals surface area contributed by atoms with E-state index in [9.17, 15) is 0 Å². The largest absolute Gasteiger partial charge is 0.376 e. The first-order valence-corrected chi connectivity index (χ1v) is 3.61. The van der Waals surface area contributed by atoms with Gasteiger partial charge in [0.2, 0.25) is 0 Å². The molecule has 0 saturated heterocycles. The van der Waals surface area contributed by atoms with Crippen LogP contribution in [0.15, 0.2) is 12.3 Å². The minimum Gasteiger partial charge on any atom is -0.376 e. The summed E-state index contributed by atoms with van der Waals surface area (Å²) in [5, 5.41) is 0. The second kappa shape index (κ2) is 4.42. The zero-order valence-electron chi connectivity index (χ0n) is 6.89. The van der Waals surface area contributed by atoms with Gasteiger partial charge in [0.1, 0.15) is 0 Å². The second-order valence-electron chi connectivity index (χ2n) is 2.41. The topological polar surface area (TPSA) is 3.24 Å². The SMILES string of the molecule is C/C=C/N(CC)C(C)C. The first kappa shape index (κ1) is 8.54. The van der Waals surface area contributed by atoms with Gasteiger partial charge in [-0.15, -0.1) is 0 Å². The molecule has 0 saturated carbocycles. The van der Waals surface area contributed by atoms with E-state index in [1.165, 1.54) is 0 Å². The van der Waals surface area contributed by atoms with Gasteiger partial charge in [0.05, 0.1) is 0 Å². The van der Waals surface area contributed by atoms with Crippen molar-refractivity contribution in [3.05, 3.63) is 12.3 Å². The molecule has 0 aromatic heterocycles. The zero-order chi connectivity index (χ0) is 7.28. The van der Waals surface area contributed by atoms with Gasteiger partial charge in [-0.3, -0.25) is 0 Å².